The highest BCUT2D eigenvalue weighted by Gasteiger charge is 2.31. The van der Waals surface area contributed by atoms with Crippen LogP contribution in [0, 0.1) is 11.8 Å². The zero-order valence-electron chi connectivity index (χ0n) is 13.4. The maximum atomic E-state index is 6.43. The van der Waals surface area contributed by atoms with Crippen LogP contribution >= 0.6 is 23.2 Å². The Morgan fingerprint density at radius 1 is 1.24 bits per heavy atom. The Morgan fingerprint density at radius 3 is 2.57 bits per heavy atom. The van der Waals surface area contributed by atoms with Gasteiger partial charge in [0.25, 0.3) is 0 Å². The monoisotopic (exact) mass is 328 g/mol. The smallest absolute Gasteiger partial charge is 0.0640 e. The molecule has 0 spiro atoms. The van der Waals surface area contributed by atoms with Crippen molar-refractivity contribution in [3.05, 3.63) is 28.2 Å². The lowest BCUT2D eigenvalue weighted by atomic mass is 9.94. The van der Waals surface area contributed by atoms with E-state index in [0.717, 1.165) is 28.8 Å². The van der Waals surface area contributed by atoms with E-state index in [1.54, 1.807) is 0 Å². The molecule has 1 aliphatic heterocycles. The third-order valence-corrected chi connectivity index (χ3v) is 4.73. The van der Waals surface area contributed by atoms with Gasteiger partial charge in [0.05, 0.1) is 10.7 Å². The molecule has 1 fully saturated rings. The molecule has 0 aliphatic carbocycles. The minimum atomic E-state index is 0.448. The number of benzene rings is 1. The van der Waals surface area contributed by atoms with E-state index in [9.17, 15) is 0 Å². The van der Waals surface area contributed by atoms with Crippen molar-refractivity contribution in [2.75, 3.05) is 18.0 Å². The number of rotatable bonds is 4. The summed E-state index contributed by atoms with van der Waals surface area (Å²) < 4.78 is 0. The summed E-state index contributed by atoms with van der Waals surface area (Å²) >= 11 is 12.6. The normalized spacial score (nSPS) is 23.1. The molecule has 21 heavy (non-hydrogen) atoms. The zero-order chi connectivity index (χ0) is 15.6. The topological polar surface area (TPSA) is 15.3 Å². The molecular formula is C17H26Cl2N2. The van der Waals surface area contributed by atoms with Crippen LogP contribution in [0.2, 0.25) is 10.0 Å². The molecule has 4 heteroatoms. The van der Waals surface area contributed by atoms with Crippen molar-refractivity contribution in [3.63, 3.8) is 0 Å². The number of hydrogen-bond donors (Lipinski definition) is 1. The van der Waals surface area contributed by atoms with Crippen LogP contribution in [-0.4, -0.2) is 25.2 Å². The quantitative estimate of drug-likeness (QED) is 0.850. The van der Waals surface area contributed by atoms with Gasteiger partial charge in [0.2, 0.25) is 0 Å². The van der Waals surface area contributed by atoms with Crippen LogP contribution in [0.25, 0.3) is 0 Å². The fraction of sp³-hybridized carbons (Fsp3) is 0.647. The molecule has 118 valence electrons. The summed E-state index contributed by atoms with van der Waals surface area (Å²) in [5.74, 6) is 1.25. The standard InChI is InChI=1S/C17H26Cl2N2/c1-11(2)7-14-10-21(17(9-20-14)12(3)4)16-8-13(18)5-6-15(16)19/h5-6,8,11-12,14,17,20H,7,9-10H2,1-4H3. The number of piperazine rings is 1. The van der Waals surface area contributed by atoms with Gasteiger partial charge in [0, 0.05) is 30.2 Å². The molecule has 1 aromatic carbocycles. The van der Waals surface area contributed by atoms with Gasteiger partial charge in [-0.25, -0.2) is 0 Å². The van der Waals surface area contributed by atoms with Gasteiger partial charge in [0.15, 0.2) is 0 Å². The van der Waals surface area contributed by atoms with Crippen LogP contribution in [0.15, 0.2) is 18.2 Å². The molecule has 2 rings (SSSR count). The van der Waals surface area contributed by atoms with E-state index in [1.807, 2.05) is 18.2 Å². The molecule has 1 heterocycles. The van der Waals surface area contributed by atoms with Crippen molar-refractivity contribution in [3.8, 4) is 0 Å². The molecule has 1 aliphatic rings. The van der Waals surface area contributed by atoms with Gasteiger partial charge >= 0.3 is 0 Å². The van der Waals surface area contributed by atoms with Crippen LogP contribution in [0.1, 0.15) is 34.1 Å². The second kappa shape index (κ2) is 7.21. The first-order valence-electron chi connectivity index (χ1n) is 7.83. The number of nitrogens with zero attached hydrogens (tertiary/aromatic N) is 1. The molecule has 1 saturated heterocycles. The molecule has 1 aromatic rings. The Morgan fingerprint density at radius 2 is 1.95 bits per heavy atom. The summed E-state index contributed by atoms with van der Waals surface area (Å²) in [5, 5.41) is 5.23. The summed E-state index contributed by atoms with van der Waals surface area (Å²) in [6.45, 7) is 11.1. The molecule has 1 N–H and O–H groups in total. The minimum Gasteiger partial charge on any atom is -0.364 e. The SMILES string of the molecule is CC(C)CC1CN(c2cc(Cl)ccc2Cl)C(C(C)C)CN1. The maximum absolute atomic E-state index is 6.43. The van der Waals surface area contributed by atoms with E-state index in [1.165, 1.54) is 6.42 Å². The fourth-order valence-corrected chi connectivity index (χ4v) is 3.53. The Kier molecular flexibility index (Phi) is 5.81. The molecule has 0 saturated carbocycles. The zero-order valence-corrected chi connectivity index (χ0v) is 14.9. The number of anilines is 1. The lowest BCUT2D eigenvalue weighted by Crippen LogP contribution is -2.58. The highest BCUT2D eigenvalue weighted by molar-refractivity contribution is 6.35. The Hall–Kier alpha value is -0.440. The van der Waals surface area contributed by atoms with Crippen molar-refractivity contribution in [2.45, 2.75) is 46.2 Å². The third kappa shape index (κ3) is 4.28. The van der Waals surface area contributed by atoms with Gasteiger partial charge in [0.1, 0.15) is 0 Å². The van der Waals surface area contributed by atoms with Crippen LogP contribution in [0.4, 0.5) is 5.69 Å². The van der Waals surface area contributed by atoms with Gasteiger partial charge < -0.3 is 10.2 Å². The van der Waals surface area contributed by atoms with Crippen LogP contribution < -0.4 is 10.2 Å². The second-order valence-electron chi connectivity index (χ2n) is 6.79. The Bertz CT molecular complexity index is 474. The van der Waals surface area contributed by atoms with Crippen molar-refractivity contribution in [2.24, 2.45) is 11.8 Å². The summed E-state index contributed by atoms with van der Waals surface area (Å²) in [6, 6.07) is 6.71. The summed E-state index contributed by atoms with van der Waals surface area (Å²) in [5.41, 5.74) is 1.07. The van der Waals surface area contributed by atoms with Crippen molar-refractivity contribution in [1.82, 2.24) is 5.32 Å². The second-order valence-corrected chi connectivity index (χ2v) is 7.64. The van der Waals surface area contributed by atoms with Gasteiger partial charge in [-0.05, 0) is 36.5 Å². The highest BCUT2D eigenvalue weighted by Crippen LogP contribution is 2.33. The number of nitrogens with one attached hydrogen (secondary N) is 1. The Balaban J connectivity index is 2.27. The number of hydrogen-bond acceptors (Lipinski definition) is 2. The first-order chi connectivity index (χ1) is 9.88. The Labute approximate surface area is 138 Å². The van der Waals surface area contributed by atoms with E-state index in [-0.39, 0.29) is 0 Å². The average molecular weight is 329 g/mol. The van der Waals surface area contributed by atoms with Crippen LogP contribution in [-0.2, 0) is 0 Å². The van der Waals surface area contributed by atoms with Crippen molar-refractivity contribution in [1.29, 1.82) is 0 Å². The largest absolute Gasteiger partial charge is 0.364 e. The molecule has 2 unspecified atom stereocenters. The third-order valence-electron chi connectivity index (χ3n) is 4.18. The van der Waals surface area contributed by atoms with E-state index < -0.39 is 0 Å². The molecule has 0 amide bonds. The fourth-order valence-electron chi connectivity index (χ4n) is 3.14. The average Bonchev–Trinajstić information content (AvgIpc) is 2.40. The molecule has 0 aromatic heterocycles. The summed E-state index contributed by atoms with van der Waals surface area (Å²) in [6.07, 6.45) is 1.18. The molecule has 2 nitrogen and oxygen atoms in total. The highest BCUT2D eigenvalue weighted by atomic mass is 35.5. The van der Waals surface area contributed by atoms with E-state index in [2.05, 4.69) is 37.9 Å². The molecular weight excluding hydrogens is 303 g/mol. The van der Waals surface area contributed by atoms with Crippen molar-refractivity contribution >= 4 is 28.9 Å². The van der Waals surface area contributed by atoms with Gasteiger partial charge in [-0.3, -0.25) is 0 Å². The van der Waals surface area contributed by atoms with E-state index in [4.69, 9.17) is 23.2 Å². The van der Waals surface area contributed by atoms with Gasteiger partial charge in [-0.15, -0.1) is 0 Å². The minimum absolute atomic E-state index is 0.448. The lowest BCUT2D eigenvalue weighted by molar-refractivity contribution is 0.310. The van der Waals surface area contributed by atoms with Gasteiger partial charge in [-0.2, -0.15) is 0 Å². The van der Waals surface area contributed by atoms with Crippen molar-refractivity contribution < 1.29 is 0 Å². The van der Waals surface area contributed by atoms with Crippen LogP contribution in [0.5, 0.6) is 0 Å². The number of halogens is 2. The lowest BCUT2D eigenvalue weighted by Gasteiger charge is -2.44. The summed E-state index contributed by atoms with van der Waals surface area (Å²) in [4.78, 5) is 2.45. The molecule has 0 radical (unpaired) electrons. The predicted molar refractivity (Wildman–Crippen MR) is 93.7 cm³/mol. The van der Waals surface area contributed by atoms with Crippen LogP contribution in [0.3, 0.4) is 0 Å². The molecule has 0 bridgehead atoms. The first-order valence-corrected chi connectivity index (χ1v) is 8.59. The van der Waals surface area contributed by atoms with E-state index >= 15 is 0 Å². The predicted octanol–water partition coefficient (Wildman–Crippen LogP) is 4.84. The van der Waals surface area contributed by atoms with E-state index in [0.29, 0.717) is 23.9 Å². The van der Waals surface area contributed by atoms with Gasteiger partial charge in [-0.1, -0.05) is 50.9 Å². The molecule has 2 atom stereocenters. The maximum Gasteiger partial charge on any atom is 0.0640 e. The first kappa shape index (κ1) is 16.9. The summed E-state index contributed by atoms with van der Waals surface area (Å²) in [7, 11) is 0.